The molecule has 0 aliphatic carbocycles. The van der Waals surface area contributed by atoms with Crippen molar-refractivity contribution in [2.75, 3.05) is 0 Å². The normalized spacial score (nSPS) is 10.0. The van der Waals surface area contributed by atoms with E-state index in [1.807, 2.05) is 43.7 Å². The highest BCUT2D eigenvalue weighted by molar-refractivity contribution is 6.30. The first-order chi connectivity index (χ1) is 7.74. The van der Waals surface area contributed by atoms with Crippen LogP contribution in [0.1, 0.15) is 11.1 Å². The molecule has 1 N–H and O–H groups in total. The fourth-order valence-electron chi connectivity index (χ4n) is 1.52. The standard InChI is InChI=1S/C12H14ClN3.ClH/c1-16-9-11(8-15-16)7-14-6-10-2-4-12(13)5-3-10;/h2-5,8-9,14H,6-7H2,1H3;1H. The van der Waals surface area contributed by atoms with Gasteiger partial charge >= 0.3 is 0 Å². The SMILES string of the molecule is Cl.Cn1cc(CNCc2ccc(Cl)cc2)cn1. The molecule has 1 aromatic carbocycles. The summed E-state index contributed by atoms with van der Waals surface area (Å²) in [4.78, 5) is 0. The summed E-state index contributed by atoms with van der Waals surface area (Å²) in [6.07, 6.45) is 3.88. The van der Waals surface area contributed by atoms with Crippen LogP contribution in [0.5, 0.6) is 0 Å². The van der Waals surface area contributed by atoms with E-state index in [2.05, 4.69) is 10.4 Å². The molecule has 2 rings (SSSR count). The highest BCUT2D eigenvalue weighted by atomic mass is 35.5. The first-order valence-electron chi connectivity index (χ1n) is 5.17. The average molecular weight is 272 g/mol. The molecule has 1 aromatic heterocycles. The van der Waals surface area contributed by atoms with E-state index in [0.29, 0.717) is 0 Å². The summed E-state index contributed by atoms with van der Waals surface area (Å²) in [6.45, 7) is 1.67. The second-order valence-corrected chi connectivity index (χ2v) is 4.19. The van der Waals surface area contributed by atoms with Gasteiger partial charge in [-0.25, -0.2) is 0 Å². The Morgan fingerprint density at radius 2 is 1.82 bits per heavy atom. The zero-order valence-electron chi connectivity index (χ0n) is 9.56. The molecule has 17 heavy (non-hydrogen) atoms. The van der Waals surface area contributed by atoms with E-state index >= 15 is 0 Å². The van der Waals surface area contributed by atoms with Gasteiger partial charge in [0.25, 0.3) is 0 Å². The molecule has 0 spiro atoms. The molecule has 0 atom stereocenters. The van der Waals surface area contributed by atoms with Crippen LogP contribution in [0.25, 0.3) is 0 Å². The highest BCUT2D eigenvalue weighted by Gasteiger charge is 1.96. The van der Waals surface area contributed by atoms with Crippen LogP contribution in [0.4, 0.5) is 0 Å². The van der Waals surface area contributed by atoms with Gasteiger partial charge in [-0.05, 0) is 17.7 Å². The fraction of sp³-hybridized carbons (Fsp3) is 0.250. The third-order valence-electron chi connectivity index (χ3n) is 2.33. The predicted octanol–water partition coefficient (Wildman–Crippen LogP) is 2.79. The average Bonchev–Trinajstić information content (AvgIpc) is 2.67. The number of hydrogen-bond donors (Lipinski definition) is 1. The number of rotatable bonds is 4. The molecule has 0 saturated carbocycles. The molecular formula is C12H15Cl2N3. The summed E-state index contributed by atoms with van der Waals surface area (Å²) in [6, 6.07) is 7.86. The number of aromatic nitrogens is 2. The topological polar surface area (TPSA) is 29.9 Å². The predicted molar refractivity (Wildman–Crippen MR) is 72.5 cm³/mol. The molecule has 0 radical (unpaired) electrons. The van der Waals surface area contributed by atoms with Gasteiger partial charge in [-0.3, -0.25) is 4.68 Å². The van der Waals surface area contributed by atoms with Crippen LogP contribution in [-0.2, 0) is 20.1 Å². The number of halogens is 2. The molecule has 0 bridgehead atoms. The van der Waals surface area contributed by atoms with E-state index in [0.717, 1.165) is 18.1 Å². The maximum Gasteiger partial charge on any atom is 0.0534 e. The van der Waals surface area contributed by atoms with Gasteiger partial charge < -0.3 is 5.32 Å². The number of aryl methyl sites for hydroxylation is 1. The van der Waals surface area contributed by atoms with Gasteiger partial charge in [0.05, 0.1) is 6.20 Å². The second-order valence-electron chi connectivity index (χ2n) is 3.75. The van der Waals surface area contributed by atoms with Crippen molar-refractivity contribution in [3.05, 3.63) is 52.8 Å². The Morgan fingerprint density at radius 3 is 2.41 bits per heavy atom. The van der Waals surface area contributed by atoms with E-state index < -0.39 is 0 Å². The van der Waals surface area contributed by atoms with Crippen molar-refractivity contribution >= 4 is 24.0 Å². The maximum absolute atomic E-state index is 5.81. The summed E-state index contributed by atoms with van der Waals surface area (Å²) in [5.41, 5.74) is 2.42. The van der Waals surface area contributed by atoms with Crippen molar-refractivity contribution in [3.8, 4) is 0 Å². The molecule has 5 heteroatoms. The first kappa shape index (κ1) is 14.0. The van der Waals surface area contributed by atoms with E-state index in [-0.39, 0.29) is 12.4 Å². The Kier molecular flexibility index (Phi) is 5.48. The maximum atomic E-state index is 5.81. The largest absolute Gasteiger partial charge is 0.309 e. The van der Waals surface area contributed by atoms with Crippen molar-refractivity contribution < 1.29 is 0 Å². The lowest BCUT2D eigenvalue weighted by Gasteiger charge is -2.03. The lowest BCUT2D eigenvalue weighted by Crippen LogP contribution is -2.12. The lowest BCUT2D eigenvalue weighted by molar-refractivity contribution is 0.692. The number of nitrogens with one attached hydrogen (secondary N) is 1. The minimum atomic E-state index is 0. The van der Waals surface area contributed by atoms with Crippen molar-refractivity contribution in [1.29, 1.82) is 0 Å². The number of benzene rings is 1. The summed E-state index contributed by atoms with van der Waals surface area (Å²) >= 11 is 5.81. The van der Waals surface area contributed by atoms with Crippen molar-refractivity contribution in [2.45, 2.75) is 13.1 Å². The van der Waals surface area contributed by atoms with Crippen LogP contribution < -0.4 is 5.32 Å². The molecule has 0 unspecified atom stereocenters. The molecular weight excluding hydrogens is 257 g/mol. The molecule has 0 amide bonds. The number of nitrogens with zero attached hydrogens (tertiary/aromatic N) is 2. The molecule has 2 aromatic rings. The summed E-state index contributed by atoms with van der Waals surface area (Å²) in [5, 5.41) is 8.24. The van der Waals surface area contributed by atoms with E-state index in [4.69, 9.17) is 11.6 Å². The van der Waals surface area contributed by atoms with E-state index in [1.54, 1.807) is 4.68 Å². The Labute approximate surface area is 112 Å². The smallest absolute Gasteiger partial charge is 0.0534 e. The third-order valence-corrected chi connectivity index (χ3v) is 2.58. The zero-order chi connectivity index (χ0) is 11.4. The minimum absolute atomic E-state index is 0. The Hall–Kier alpha value is -1.03. The molecule has 3 nitrogen and oxygen atoms in total. The molecule has 92 valence electrons. The Bertz CT molecular complexity index is 451. The first-order valence-corrected chi connectivity index (χ1v) is 5.54. The Balaban J connectivity index is 0.00000144. The van der Waals surface area contributed by atoms with Gasteiger partial charge in [0, 0.05) is 36.9 Å². The van der Waals surface area contributed by atoms with Crippen LogP contribution in [0.2, 0.25) is 5.02 Å². The summed E-state index contributed by atoms with van der Waals surface area (Å²) in [5.74, 6) is 0. The van der Waals surface area contributed by atoms with Gasteiger partial charge in [0.15, 0.2) is 0 Å². The molecule has 0 saturated heterocycles. The monoisotopic (exact) mass is 271 g/mol. The zero-order valence-corrected chi connectivity index (χ0v) is 11.1. The van der Waals surface area contributed by atoms with Gasteiger partial charge in [0.2, 0.25) is 0 Å². The van der Waals surface area contributed by atoms with Crippen molar-refractivity contribution in [1.82, 2.24) is 15.1 Å². The summed E-state index contributed by atoms with van der Waals surface area (Å²) < 4.78 is 1.80. The summed E-state index contributed by atoms with van der Waals surface area (Å²) in [7, 11) is 1.92. The van der Waals surface area contributed by atoms with Crippen LogP contribution in [0, 0.1) is 0 Å². The second kappa shape index (κ2) is 6.64. The van der Waals surface area contributed by atoms with Crippen molar-refractivity contribution in [3.63, 3.8) is 0 Å². The molecule has 1 heterocycles. The van der Waals surface area contributed by atoms with Gasteiger partial charge in [-0.15, -0.1) is 12.4 Å². The minimum Gasteiger partial charge on any atom is -0.309 e. The van der Waals surface area contributed by atoms with Crippen molar-refractivity contribution in [2.24, 2.45) is 7.05 Å². The lowest BCUT2D eigenvalue weighted by atomic mass is 10.2. The molecule has 0 fully saturated rings. The van der Waals surface area contributed by atoms with E-state index in [9.17, 15) is 0 Å². The third kappa shape index (κ3) is 4.38. The number of hydrogen-bond acceptors (Lipinski definition) is 2. The quantitative estimate of drug-likeness (QED) is 0.927. The van der Waals surface area contributed by atoms with E-state index in [1.165, 1.54) is 11.1 Å². The highest BCUT2D eigenvalue weighted by Crippen LogP contribution is 2.09. The Morgan fingerprint density at radius 1 is 1.18 bits per heavy atom. The molecule has 0 aliphatic rings. The van der Waals surface area contributed by atoms with Gasteiger partial charge in [-0.1, -0.05) is 23.7 Å². The van der Waals surface area contributed by atoms with Crippen LogP contribution in [0.3, 0.4) is 0 Å². The van der Waals surface area contributed by atoms with Crippen LogP contribution in [-0.4, -0.2) is 9.78 Å². The van der Waals surface area contributed by atoms with Crippen LogP contribution in [0.15, 0.2) is 36.7 Å². The fourth-order valence-corrected chi connectivity index (χ4v) is 1.64. The van der Waals surface area contributed by atoms with Crippen LogP contribution >= 0.6 is 24.0 Å². The van der Waals surface area contributed by atoms with Gasteiger partial charge in [0.1, 0.15) is 0 Å². The van der Waals surface area contributed by atoms with Gasteiger partial charge in [-0.2, -0.15) is 5.10 Å². The molecule has 0 aliphatic heterocycles.